The molecule has 3 aromatic carbocycles. The minimum Gasteiger partial charge on any atom is -0.434 e. The van der Waals surface area contributed by atoms with E-state index in [2.05, 4.69) is 30.2 Å². The van der Waals surface area contributed by atoms with Crippen LogP contribution in [0.3, 0.4) is 0 Å². The maximum atomic E-state index is 13.3. The van der Waals surface area contributed by atoms with E-state index in [1.165, 1.54) is 77.0 Å². The molecular formula is C57H76F8O8. The number of halogens is 8. The third-order valence-electron chi connectivity index (χ3n) is 16.2. The smallest absolute Gasteiger partial charge is 0.434 e. The number of hydrogen-bond donors (Lipinski definition) is 0. The van der Waals surface area contributed by atoms with E-state index < -0.39 is 49.3 Å². The lowest BCUT2D eigenvalue weighted by Crippen LogP contribution is -2.34. The fraction of sp³-hybridized carbons (Fsp3) is 0.684. The lowest BCUT2D eigenvalue weighted by Gasteiger charge is -2.37. The molecule has 0 amide bonds. The zero-order valence-corrected chi connectivity index (χ0v) is 43.5. The van der Waals surface area contributed by atoms with Crippen molar-refractivity contribution in [2.24, 2.45) is 53.3 Å². The van der Waals surface area contributed by atoms with E-state index in [1.54, 1.807) is 39.8 Å². The predicted octanol–water partition coefficient (Wildman–Crippen LogP) is 15.7. The molecule has 3 heterocycles. The second-order valence-electron chi connectivity index (χ2n) is 22.0. The topological polar surface area (TPSA) is 73.8 Å². The first-order chi connectivity index (χ1) is 34.7. The summed E-state index contributed by atoms with van der Waals surface area (Å²) in [5.41, 5.74) is 3.99. The van der Waals surface area contributed by atoms with Gasteiger partial charge in [0.1, 0.15) is 11.5 Å². The Balaban J connectivity index is 0.000000161. The van der Waals surface area contributed by atoms with Gasteiger partial charge in [0.05, 0.1) is 39.6 Å². The van der Waals surface area contributed by atoms with Crippen LogP contribution in [-0.2, 0) is 28.4 Å². The van der Waals surface area contributed by atoms with Crippen molar-refractivity contribution in [2.75, 3.05) is 39.6 Å². The first kappa shape index (κ1) is 57.2. The van der Waals surface area contributed by atoms with Gasteiger partial charge in [-0.3, -0.25) is 0 Å². The molecule has 3 aliphatic carbocycles. The minimum atomic E-state index is -4.69. The van der Waals surface area contributed by atoms with Crippen molar-refractivity contribution in [1.82, 2.24) is 0 Å². The van der Waals surface area contributed by atoms with Crippen LogP contribution in [0, 0.1) is 98.4 Å². The summed E-state index contributed by atoms with van der Waals surface area (Å²) in [7, 11) is 0. The van der Waals surface area contributed by atoms with E-state index in [0.717, 1.165) is 41.0 Å². The summed E-state index contributed by atoms with van der Waals surface area (Å²) in [6.45, 7) is 14.6. The number of aryl methyl sites for hydroxylation is 4. The fourth-order valence-corrected chi connectivity index (χ4v) is 11.7. The second kappa shape index (κ2) is 26.0. The van der Waals surface area contributed by atoms with Gasteiger partial charge < -0.3 is 37.9 Å². The van der Waals surface area contributed by atoms with Crippen molar-refractivity contribution in [3.05, 3.63) is 92.8 Å². The highest BCUT2D eigenvalue weighted by atomic mass is 19.4. The maximum absolute atomic E-state index is 13.3. The van der Waals surface area contributed by atoms with Gasteiger partial charge in [0.15, 0.2) is 36.3 Å². The molecule has 0 unspecified atom stereocenters. The highest BCUT2D eigenvalue weighted by molar-refractivity contribution is 5.45. The number of hydrogen-bond acceptors (Lipinski definition) is 8. The molecule has 0 aromatic heterocycles. The van der Waals surface area contributed by atoms with Gasteiger partial charge in [-0.25, -0.2) is 13.2 Å². The zero-order chi connectivity index (χ0) is 52.6. The molecule has 3 aromatic rings. The van der Waals surface area contributed by atoms with E-state index in [1.807, 2.05) is 12.1 Å². The van der Waals surface area contributed by atoms with E-state index in [9.17, 15) is 35.1 Å². The SMILES string of the molecule is CC1CCC(C2COC(c3cc(F)c(F)c(F)c3)OC2)CC1.Cc1cc(C2OCC(C3CCC(C)CC3)CO2)cc(C)c1OC(F)(F)F.Cc1cc(C2OCC(C3CCC(C)CC3)CO2)cc(C)c1OC(F)F. The van der Waals surface area contributed by atoms with Crippen molar-refractivity contribution < 1.29 is 73.0 Å². The molecule has 0 N–H and O–H groups in total. The van der Waals surface area contributed by atoms with E-state index in [4.69, 9.17) is 28.4 Å². The summed E-state index contributed by atoms with van der Waals surface area (Å²) >= 11 is 0. The summed E-state index contributed by atoms with van der Waals surface area (Å²) in [6.07, 6.45) is 8.50. The van der Waals surface area contributed by atoms with Crippen LogP contribution in [-0.4, -0.2) is 52.6 Å². The van der Waals surface area contributed by atoms with E-state index >= 15 is 0 Å². The summed E-state index contributed by atoms with van der Waals surface area (Å²) in [5.74, 6) is 1.79. The third kappa shape index (κ3) is 16.0. The van der Waals surface area contributed by atoms with Crippen LogP contribution in [0.1, 0.15) is 156 Å². The van der Waals surface area contributed by atoms with Crippen LogP contribution in [0.5, 0.6) is 11.5 Å². The molecule has 9 rings (SSSR count). The molecule has 3 saturated heterocycles. The van der Waals surface area contributed by atoms with E-state index in [0.29, 0.717) is 97.4 Å². The lowest BCUT2D eigenvalue weighted by molar-refractivity contribution is -0.275. The normalized spacial score (nSPS) is 31.1. The summed E-state index contributed by atoms with van der Waals surface area (Å²) < 4.78 is 146. The molecule has 0 atom stereocenters. The Morgan fingerprint density at radius 3 is 0.973 bits per heavy atom. The monoisotopic (exact) mass is 1040 g/mol. The third-order valence-corrected chi connectivity index (χ3v) is 16.2. The van der Waals surface area contributed by atoms with Crippen molar-refractivity contribution in [2.45, 2.75) is 157 Å². The van der Waals surface area contributed by atoms with Crippen LogP contribution in [0.25, 0.3) is 0 Å². The number of alkyl halides is 5. The summed E-state index contributed by atoms with van der Waals surface area (Å²) in [6, 6.07) is 8.82. The molecule has 8 nitrogen and oxygen atoms in total. The highest BCUT2D eigenvalue weighted by Gasteiger charge is 2.36. The van der Waals surface area contributed by atoms with Crippen LogP contribution >= 0.6 is 0 Å². The minimum absolute atomic E-state index is 0.147. The molecule has 16 heteroatoms. The van der Waals surface area contributed by atoms with Crippen molar-refractivity contribution in [1.29, 1.82) is 0 Å². The average molecular weight is 1040 g/mol. The van der Waals surface area contributed by atoms with Crippen molar-refractivity contribution in [3.63, 3.8) is 0 Å². The van der Waals surface area contributed by atoms with Crippen molar-refractivity contribution in [3.8, 4) is 11.5 Å². The summed E-state index contributed by atoms with van der Waals surface area (Å²) in [5, 5.41) is 0. The molecule has 73 heavy (non-hydrogen) atoms. The maximum Gasteiger partial charge on any atom is 0.573 e. The predicted molar refractivity (Wildman–Crippen MR) is 259 cm³/mol. The van der Waals surface area contributed by atoms with Crippen LogP contribution in [0.2, 0.25) is 0 Å². The summed E-state index contributed by atoms with van der Waals surface area (Å²) in [4.78, 5) is 0. The van der Waals surface area contributed by atoms with Gasteiger partial charge in [-0.2, -0.15) is 8.78 Å². The van der Waals surface area contributed by atoms with Gasteiger partial charge in [0.25, 0.3) is 0 Å². The number of benzene rings is 3. The lowest BCUT2D eigenvalue weighted by atomic mass is 9.76. The molecular weight excluding hydrogens is 965 g/mol. The van der Waals surface area contributed by atoms with Gasteiger partial charge in [-0.1, -0.05) is 59.3 Å². The first-order valence-corrected chi connectivity index (χ1v) is 26.5. The zero-order valence-electron chi connectivity index (χ0n) is 43.5. The molecule has 3 aliphatic heterocycles. The van der Waals surface area contributed by atoms with Crippen LogP contribution in [0.4, 0.5) is 35.1 Å². The van der Waals surface area contributed by atoms with Gasteiger partial charge >= 0.3 is 13.0 Å². The molecule has 6 aliphatic rings. The van der Waals surface area contributed by atoms with Gasteiger partial charge in [0, 0.05) is 34.4 Å². The number of ether oxygens (including phenoxy) is 8. The standard InChI is InChI=1S/C20H27F3O3.C20H28F2O3.C17H21F3O2/c1-12-4-6-15(7-5-12)17-10-24-19(25-11-17)16-8-13(2)18(14(3)9-16)26-20(21,22)23;1-12-4-6-15(7-5-12)17-10-23-19(24-11-17)16-8-13(2)18(14(3)9-16)25-20(21)22;1-10-2-4-11(5-3-10)13-8-21-17(22-9-13)12-6-14(18)16(20)15(19)7-12/h8-9,12,15,17,19H,4-7,10-11H2,1-3H3;8-9,12,15,17,19-20H,4-7,10-11H2,1-3H3;6-7,10-11,13,17H,2-5,8-9H2,1H3. The molecule has 6 fully saturated rings. The first-order valence-electron chi connectivity index (χ1n) is 26.5. The van der Waals surface area contributed by atoms with Crippen molar-refractivity contribution >= 4 is 0 Å². The Morgan fingerprint density at radius 1 is 0.425 bits per heavy atom. The Morgan fingerprint density at radius 2 is 0.699 bits per heavy atom. The fourth-order valence-electron chi connectivity index (χ4n) is 11.7. The Labute approximate surface area is 426 Å². The molecule has 408 valence electrons. The van der Waals surface area contributed by atoms with Crippen LogP contribution in [0.15, 0.2) is 36.4 Å². The van der Waals surface area contributed by atoms with E-state index in [-0.39, 0.29) is 17.1 Å². The Kier molecular flexibility index (Phi) is 20.4. The largest absolute Gasteiger partial charge is 0.573 e. The quantitative estimate of drug-likeness (QED) is 0.155. The Hall–Kier alpha value is -3.54. The molecule has 3 saturated carbocycles. The average Bonchev–Trinajstić information content (AvgIpc) is 3.36. The second-order valence-corrected chi connectivity index (χ2v) is 22.0. The van der Waals surface area contributed by atoms with Gasteiger partial charge in [-0.15, -0.1) is 13.2 Å². The Bertz CT molecular complexity index is 2130. The van der Waals surface area contributed by atoms with Gasteiger partial charge in [-0.05, 0) is 160 Å². The molecule has 0 spiro atoms. The molecule has 0 radical (unpaired) electrons. The highest BCUT2D eigenvalue weighted by Crippen LogP contribution is 2.42. The van der Waals surface area contributed by atoms with Gasteiger partial charge in [0.2, 0.25) is 0 Å². The van der Waals surface area contributed by atoms with Crippen LogP contribution < -0.4 is 9.47 Å². The molecule has 0 bridgehead atoms. The number of rotatable bonds is 9.